The fourth-order valence-corrected chi connectivity index (χ4v) is 3.67. The van der Waals surface area contributed by atoms with E-state index in [9.17, 15) is 9.59 Å². The minimum Gasteiger partial charge on any atom is -0.464 e. The molecular weight excluding hydrogens is 380 g/mol. The summed E-state index contributed by atoms with van der Waals surface area (Å²) in [6.45, 7) is 1.15. The van der Waals surface area contributed by atoms with Gasteiger partial charge in [-0.05, 0) is 55.7 Å². The van der Waals surface area contributed by atoms with Crippen molar-refractivity contribution in [3.63, 3.8) is 0 Å². The average molecular weight is 404 g/mol. The van der Waals surface area contributed by atoms with Crippen LogP contribution in [0.4, 0.5) is 5.69 Å². The molecule has 1 fully saturated rings. The first-order valence-corrected chi connectivity index (χ1v) is 10.2. The van der Waals surface area contributed by atoms with Crippen molar-refractivity contribution in [3.05, 3.63) is 66.9 Å². The van der Waals surface area contributed by atoms with E-state index < -0.39 is 0 Å². The summed E-state index contributed by atoms with van der Waals surface area (Å²) in [5.41, 5.74) is 2.49. The number of furan rings is 1. The van der Waals surface area contributed by atoms with Gasteiger partial charge < -0.3 is 14.6 Å². The third-order valence-electron chi connectivity index (χ3n) is 5.31. The quantitative estimate of drug-likeness (QED) is 0.679. The molecule has 7 heteroatoms. The molecule has 4 rings (SSSR count). The van der Waals surface area contributed by atoms with Crippen molar-refractivity contribution < 1.29 is 14.0 Å². The molecule has 0 unspecified atom stereocenters. The van der Waals surface area contributed by atoms with Gasteiger partial charge in [-0.2, -0.15) is 0 Å². The van der Waals surface area contributed by atoms with Gasteiger partial charge in [-0.15, -0.1) is 0 Å². The summed E-state index contributed by atoms with van der Waals surface area (Å²) in [6, 6.07) is 11.3. The highest BCUT2D eigenvalue weighted by atomic mass is 16.3. The van der Waals surface area contributed by atoms with E-state index in [0.717, 1.165) is 35.5 Å². The number of amides is 2. The van der Waals surface area contributed by atoms with Crippen molar-refractivity contribution in [2.75, 3.05) is 18.4 Å². The molecule has 1 saturated heterocycles. The van der Waals surface area contributed by atoms with Crippen molar-refractivity contribution in [1.82, 2.24) is 14.9 Å². The Bertz CT molecular complexity index is 971. The number of nitrogens with one attached hydrogen (secondary N) is 1. The van der Waals surface area contributed by atoms with Crippen LogP contribution in [0.2, 0.25) is 0 Å². The summed E-state index contributed by atoms with van der Waals surface area (Å²) >= 11 is 0. The second kappa shape index (κ2) is 9.35. The Morgan fingerprint density at radius 1 is 1.17 bits per heavy atom. The van der Waals surface area contributed by atoms with E-state index in [1.54, 1.807) is 29.8 Å². The minimum absolute atomic E-state index is 0.0489. The Labute approximate surface area is 175 Å². The smallest absolute Gasteiger partial charge is 0.229 e. The zero-order valence-corrected chi connectivity index (χ0v) is 16.7. The fourth-order valence-electron chi connectivity index (χ4n) is 3.67. The third-order valence-corrected chi connectivity index (χ3v) is 5.31. The molecule has 2 aromatic heterocycles. The second-order valence-electron chi connectivity index (χ2n) is 7.42. The van der Waals surface area contributed by atoms with Gasteiger partial charge in [0.25, 0.3) is 0 Å². The van der Waals surface area contributed by atoms with Gasteiger partial charge in [0, 0.05) is 49.4 Å². The Hall–Kier alpha value is -3.48. The van der Waals surface area contributed by atoms with Gasteiger partial charge in [-0.1, -0.05) is 0 Å². The number of anilines is 1. The summed E-state index contributed by atoms with van der Waals surface area (Å²) in [6.07, 6.45) is 9.09. The lowest BCUT2D eigenvalue weighted by Crippen LogP contribution is -2.43. The zero-order valence-electron chi connectivity index (χ0n) is 16.7. The van der Waals surface area contributed by atoms with Crippen molar-refractivity contribution in [1.29, 1.82) is 0 Å². The molecule has 0 aliphatic carbocycles. The zero-order chi connectivity index (χ0) is 20.8. The summed E-state index contributed by atoms with van der Waals surface area (Å²) < 4.78 is 5.39. The molecule has 7 nitrogen and oxygen atoms in total. The van der Waals surface area contributed by atoms with Crippen LogP contribution < -0.4 is 5.32 Å². The van der Waals surface area contributed by atoms with Crippen LogP contribution in [0.25, 0.3) is 11.3 Å². The molecule has 154 valence electrons. The predicted molar refractivity (Wildman–Crippen MR) is 112 cm³/mol. The summed E-state index contributed by atoms with van der Waals surface area (Å²) in [7, 11) is 0. The Balaban J connectivity index is 1.30. The fraction of sp³-hybridized carbons (Fsp3) is 0.304. The van der Waals surface area contributed by atoms with Crippen molar-refractivity contribution >= 4 is 17.5 Å². The maximum Gasteiger partial charge on any atom is 0.229 e. The highest BCUT2D eigenvalue weighted by Crippen LogP contribution is 2.23. The van der Waals surface area contributed by atoms with Crippen molar-refractivity contribution in [3.8, 4) is 11.3 Å². The first-order chi connectivity index (χ1) is 14.7. The number of nitrogens with zero attached hydrogens (tertiary/aromatic N) is 3. The molecule has 3 heterocycles. The molecule has 1 aromatic carbocycles. The van der Waals surface area contributed by atoms with Gasteiger partial charge in [0.1, 0.15) is 5.76 Å². The number of hydrogen-bond donors (Lipinski definition) is 1. The highest BCUT2D eigenvalue weighted by molar-refractivity contribution is 5.93. The van der Waals surface area contributed by atoms with Crippen LogP contribution in [0.1, 0.15) is 25.0 Å². The lowest BCUT2D eigenvalue weighted by molar-refractivity contribution is -0.134. The third kappa shape index (κ3) is 4.92. The highest BCUT2D eigenvalue weighted by Gasteiger charge is 2.28. The Morgan fingerprint density at radius 3 is 2.77 bits per heavy atom. The molecule has 0 radical (unpaired) electrons. The number of carbonyl (C=O) groups excluding carboxylic acids is 2. The number of aromatic nitrogens is 2. The number of aryl methyl sites for hydroxylation is 1. The monoisotopic (exact) mass is 404 g/mol. The molecule has 3 aromatic rings. The molecule has 1 aliphatic heterocycles. The number of piperidine rings is 1. The molecule has 1 N–H and O–H groups in total. The summed E-state index contributed by atoms with van der Waals surface area (Å²) in [5.74, 6) is 0.591. The standard InChI is InChI=1S/C23H24N4O3/c28-22(10-9-20-15-24-11-12-25-20)27-13-1-3-18(16-27)23(29)26-19-7-5-17(6-8-19)21-4-2-14-30-21/h2,4-8,11-12,14-15,18H,1,3,9-10,13,16H2,(H,26,29)/t18-/m1/s1. The van der Waals surface area contributed by atoms with Crippen LogP contribution in [-0.4, -0.2) is 39.8 Å². The molecule has 1 atom stereocenters. The Kier molecular flexibility index (Phi) is 6.17. The van der Waals surface area contributed by atoms with E-state index in [4.69, 9.17) is 4.42 Å². The second-order valence-corrected chi connectivity index (χ2v) is 7.42. The minimum atomic E-state index is -0.205. The van der Waals surface area contributed by atoms with Crippen LogP contribution in [0, 0.1) is 5.92 Å². The molecule has 30 heavy (non-hydrogen) atoms. The number of likely N-dealkylation sites (tertiary alicyclic amines) is 1. The van der Waals surface area contributed by atoms with E-state index >= 15 is 0 Å². The van der Waals surface area contributed by atoms with E-state index in [0.29, 0.717) is 25.9 Å². The van der Waals surface area contributed by atoms with Crippen LogP contribution in [0.3, 0.4) is 0 Å². The molecule has 0 bridgehead atoms. The first-order valence-electron chi connectivity index (χ1n) is 10.2. The lowest BCUT2D eigenvalue weighted by Gasteiger charge is -2.32. The van der Waals surface area contributed by atoms with Crippen LogP contribution in [-0.2, 0) is 16.0 Å². The van der Waals surface area contributed by atoms with Gasteiger partial charge in [-0.25, -0.2) is 0 Å². The van der Waals surface area contributed by atoms with Crippen molar-refractivity contribution in [2.45, 2.75) is 25.7 Å². The van der Waals surface area contributed by atoms with Gasteiger partial charge in [0.2, 0.25) is 11.8 Å². The predicted octanol–water partition coefficient (Wildman–Crippen LogP) is 3.55. The van der Waals surface area contributed by atoms with Crippen LogP contribution >= 0.6 is 0 Å². The number of hydrogen-bond acceptors (Lipinski definition) is 5. The SMILES string of the molecule is O=C(Nc1ccc(-c2ccco2)cc1)[C@@H]1CCCN(C(=O)CCc2cnccn2)C1. The average Bonchev–Trinajstić information content (AvgIpc) is 3.34. The number of benzene rings is 1. The van der Waals surface area contributed by atoms with Crippen LogP contribution in [0.15, 0.2) is 65.7 Å². The number of carbonyl (C=O) groups is 2. The molecular formula is C23H24N4O3. The molecule has 0 saturated carbocycles. The summed E-state index contributed by atoms with van der Waals surface area (Å²) in [5, 5.41) is 2.98. The maximum absolute atomic E-state index is 12.7. The van der Waals surface area contributed by atoms with E-state index in [1.165, 1.54) is 0 Å². The molecule has 1 aliphatic rings. The van der Waals surface area contributed by atoms with Gasteiger partial charge in [-0.3, -0.25) is 19.6 Å². The lowest BCUT2D eigenvalue weighted by atomic mass is 9.96. The first kappa shape index (κ1) is 19.8. The number of rotatable bonds is 6. The van der Waals surface area contributed by atoms with Crippen molar-refractivity contribution in [2.24, 2.45) is 5.92 Å². The van der Waals surface area contributed by atoms with Gasteiger partial charge in [0.15, 0.2) is 0 Å². The largest absolute Gasteiger partial charge is 0.464 e. The van der Waals surface area contributed by atoms with Crippen LogP contribution in [0.5, 0.6) is 0 Å². The summed E-state index contributed by atoms with van der Waals surface area (Å²) in [4.78, 5) is 35.4. The van der Waals surface area contributed by atoms with Gasteiger partial charge >= 0.3 is 0 Å². The van der Waals surface area contributed by atoms with E-state index in [-0.39, 0.29) is 17.7 Å². The topological polar surface area (TPSA) is 88.3 Å². The Morgan fingerprint density at radius 2 is 2.03 bits per heavy atom. The maximum atomic E-state index is 12.7. The van der Waals surface area contributed by atoms with E-state index in [2.05, 4.69) is 15.3 Å². The normalized spacial score (nSPS) is 16.3. The van der Waals surface area contributed by atoms with Gasteiger partial charge in [0.05, 0.1) is 17.9 Å². The van der Waals surface area contributed by atoms with E-state index in [1.807, 2.05) is 36.4 Å². The molecule has 2 amide bonds. The molecule has 0 spiro atoms.